The Labute approximate surface area is 139 Å². The minimum absolute atomic E-state index is 0.0913. The van der Waals surface area contributed by atoms with Crippen LogP contribution in [-0.2, 0) is 16.1 Å². The SMILES string of the molecule is Cc1ccc(-c2n[nH]c(=S)n2CC(=O)NC[C@H]2CCCO2)cc1. The first-order chi connectivity index (χ1) is 11.1. The Morgan fingerprint density at radius 1 is 1.48 bits per heavy atom. The fraction of sp³-hybridized carbons (Fsp3) is 0.438. The predicted molar refractivity (Wildman–Crippen MR) is 89.6 cm³/mol. The van der Waals surface area contributed by atoms with Crippen molar-refractivity contribution in [2.45, 2.75) is 32.4 Å². The molecule has 1 atom stereocenters. The zero-order valence-corrected chi connectivity index (χ0v) is 13.9. The monoisotopic (exact) mass is 332 g/mol. The van der Waals surface area contributed by atoms with Crippen molar-refractivity contribution in [1.82, 2.24) is 20.1 Å². The lowest BCUT2D eigenvalue weighted by atomic mass is 10.1. The van der Waals surface area contributed by atoms with E-state index in [2.05, 4.69) is 15.5 Å². The number of amides is 1. The van der Waals surface area contributed by atoms with Gasteiger partial charge in [0.2, 0.25) is 5.91 Å². The van der Waals surface area contributed by atoms with Crippen LogP contribution in [0.4, 0.5) is 0 Å². The second-order valence-electron chi connectivity index (χ2n) is 5.74. The Morgan fingerprint density at radius 3 is 2.96 bits per heavy atom. The number of carbonyl (C=O) groups excluding carboxylic acids is 1. The third kappa shape index (κ3) is 3.86. The topological polar surface area (TPSA) is 71.9 Å². The zero-order valence-electron chi connectivity index (χ0n) is 13.0. The van der Waals surface area contributed by atoms with Crippen LogP contribution in [0, 0.1) is 11.7 Å². The van der Waals surface area contributed by atoms with Crippen molar-refractivity contribution < 1.29 is 9.53 Å². The fourth-order valence-electron chi connectivity index (χ4n) is 2.62. The van der Waals surface area contributed by atoms with Gasteiger partial charge in [-0.25, -0.2) is 0 Å². The number of aromatic nitrogens is 3. The zero-order chi connectivity index (χ0) is 16.2. The Morgan fingerprint density at radius 2 is 2.26 bits per heavy atom. The molecule has 0 bridgehead atoms. The van der Waals surface area contributed by atoms with Crippen LogP contribution in [0.25, 0.3) is 11.4 Å². The lowest BCUT2D eigenvalue weighted by Crippen LogP contribution is -2.34. The van der Waals surface area contributed by atoms with Gasteiger partial charge in [0.05, 0.1) is 6.10 Å². The van der Waals surface area contributed by atoms with Crippen LogP contribution in [0.1, 0.15) is 18.4 Å². The third-order valence-corrected chi connectivity index (χ3v) is 4.23. The van der Waals surface area contributed by atoms with Crippen molar-refractivity contribution in [3.63, 3.8) is 0 Å². The number of aromatic amines is 1. The predicted octanol–water partition coefficient (Wildman–Crippen LogP) is 2.21. The van der Waals surface area contributed by atoms with E-state index in [4.69, 9.17) is 17.0 Å². The first kappa shape index (κ1) is 15.9. The first-order valence-electron chi connectivity index (χ1n) is 7.74. The summed E-state index contributed by atoms with van der Waals surface area (Å²) in [5.74, 6) is 0.577. The summed E-state index contributed by atoms with van der Waals surface area (Å²) in [6.07, 6.45) is 2.19. The lowest BCUT2D eigenvalue weighted by molar-refractivity contribution is -0.122. The Hall–Kier alpha value is -1.99. The van der Waals surface area contributed by atoms with Crippen LogP contribution in [0.5, 0.6) is 0 Å². The van der Waals surface area contributed by atoms with E-state index in [1.807, 2.05) is 31.2 Å². The molecular formula is C16H20N4O2S. The minimum Gasteiger partial charge on any atom is -0.376 e. The Kier molecular flexibility index (Phi) is 4.88. The molecule has 23 heavy (non-hydrogen) atoms. The number of nitrogens with zero attached hydrogens (tertiary/aromatic N) is 2. The summed E-state index contributed by atoms with van der Waals surface area (Å²) in [6.45, 7) is 3.50. The molecule has 2 aromatic rings. The van der Waals surface area contributed by atoms with Crippen LogP contribution in [0.15, 0.2) is 24.3 Å². The van der Waals surface area contributed by atoms with Crippen LogP contribution in [-0.4, -0.2) is 39.9 Å². The minimum atomic E-state index is -0.0913. The van der Waals surface area contributed by atoms with Gasteiger partial charge in [-0.1, -0.05) is 29.8 Å². The highest BCUT2D eigenvalue weighted by Gasteiger charge is 2.17. The van der Waals surface area contributed by atoms with Gasteiger partial charge in [-0.2, -0.15) is 5.10 Å². The van der Waals surface area contributed by atoms with Crippen molar-refractivity contribution in [3.8, 4) is 11.4 Å². The normalized spacial score (nSPS) is 17.3. The van der Waals surface area contributed by atoms with Gasteiger partial charge in [0.25, 0.3) is 0 Å². The molecule has 1 aliphatic heterocycles. The summed E-state index contributed by atoms with van der Waals surface area (Å²) < 4.78 is 7.66. The second-order valence-corrected chi connectivity index (χ2v) is 6.13. The Balaban J connectivity index is 1.69. The molecular weight excluding hydrogens is 312 g/mol. The van der Waals surface area contributed by atoms with Gasteiger partial charge in [-0.3, -0.25) is 14.5 Å². The van der Waals surface area contributed by atoms with Crippen LogP contribution in [0.2, 0.25) is 0 Å². The molecule has 0 saturated carbocycles. The van der Waals surface area contributed by atoms with Crippen LogP contribution < -0.4 is 5.32 Å². The highest BCUT2D eigenvalue weighted by atomic mass is 32.1. The smallest absolute Gasteiger partial charge is 0.240 e. The van der Waals surface area contributed by atoms with E-state index in [0.717, 1.165) is 25.0 Å². The molecule has 0 unspecified atom stereocenters. The largest absolute Gasteiger partial charge is 0.376 e. The standard InChI is InChI=1S/C16H20N4O2S/c1-11-4-6-12(7-5-11)15-18-19-16(23)20(15)10-14(21)17-9-13-3-2-8-22-13/h4-7,13H,2-3,8-10H2,1H3,(H,17,21)(H,19,23)/t13-/m1/s1. The highest BCUT2D eigenvalue weighted by Crippen LogP contribution is 2.18. The van der Waals surface area contributed by atoms with E-state index >= 15 is 0 Å². The van der Waals surface area contributed by atoms with Crippen molar-refractivity contribution >= 4 is 18.1 Å². The van der Waals surface area contributed by atoms with Gasteiger partial charge in [0, 0.05) is 18.7 Å². The molecule has 122 valence electrons. The molecule has 1 aliphatic rings. The number of rotatable bonds is 5. The molecule has 1 aromatic carbocycles. The highest BCUT2D eigenvalue weighted by molar-refractivity contribution is 7.71. The van der Waals surface area contributed by atoms with E-state index in [1.54, 1.807) is 4.57 Å². The number of carbonyl (C=O) groups is 1. The molecule has 6 nitrogen and oxygen atoms in total. The number of hydrogen-bond acceptors (Lipinski definition) is 4. The summed E-state index contributed by atoms with van der Waals surface area (Å²) in [5, 5.41) is 9.92. The molecule has 7 heteroatoms. The summed E-state index contributed by atoms with van der Waals surface area (Å²) in [5.41, 5.74) is 2.10. The average Bonchev–Trinajstić information content (AvgIpc) is 3.17. The van der Waals surface area contributed by atoms with Gasteiger partial charge in [0.1, 0.15) is 6.54 Å². The summed E-state index contributed by atoms with van der Waals surface area (Å²) in [6, 6.07) is 7.96. The summed E-state index contributed by atoms with van der Waals surface area (Å²) >= 11 is 5.25. The third-order valence-electron chi connectivity index (χ3n) is 3.92. The molecule has 0 aliphatic carbocycles. The van der Waals surface area contributed by atoms with E-state index in [0.29, 0.717) is 17.1 Å². The molecule has 0 spiro atoms. The van der Waals surface area contributed by atoms with E-state index in [-0.39, 0.29) is 18.6 Å². The molecule has 1 saturated heterocycles. The first-order valence-corrected chi connectivity index (χ1v) is 8.15. The van der Waals surface area contributed by atoms with E-state index < -0.39 is 0 Å². The van der Waals surface area contributed by atoms with Gasteiger partial charge in [-0.05, 0) is 32.0 Å². The fourth-order valence-corrected chi connectivity index (χ4v) is 2.82. The number of nitrogens with one attached hydrogen (secondary N) is 2. The van der Waals surface area contributed by atoms with Crippen molar-refractivity contribution in [3.05, 3.63) is 34.6 Å². The molecule has 2 heterocycles. The quantitative estimate of drug-likeness (QED) is 0.824. The maximum atomic E-state index is 12.2. The molecule has 3 rings (SSSR count). The maximum Gasteiger partial charge on any atom is 0.240 e. The van der Waals surface area contributed by atoms with Crippen molar-refractivity contribution in [2.75, 3.05) is 13.2 Å². The van der Waals surface area contributed by atoms with Gasteiger partial charge < -0.3 is 10.1 Å². The van der Waals surface area contributed by atoms with Gasteiger partial charge in [0.15, 0.2) is 10.6 Å². The average molecular weight is 332 g/mol. The lowest BCUT2D eigenvalue weighted by Gasteiger charge is -2.12. The number of hydrogen-bond donors (Lipinski definition) is 2. The van der Waals surface area contributed by atoms with Crippen molar-refractivity contribution in [2.24, 2.45) is 0 Å². The van der Waals surface area contributed by atoms with Crippen LogP contribution in [0.3, 0.4) is 0 Å². The Bertz CT molecular complexity index is 729. The summed E-state index contributed by atoms with van der Waals surface area (Å²) in [7, 11) is 0. The van der Waals surface area contributed by atoms with Gasteiger partial charge >= 0.3 is 0 Å². The number of aryl methyl sites for hydroxylation is 1. The molecule has 1 fully saturated rings. The maximum absolute atomic E-state index is 12.2. The number of H-pyrrole nitrogens is 1. The molecule has 0 radical (unpaired) electrons. The van der Waals surface area contributed by atoms with Gasteiger partial charge in [-0.15, -0.1) is 0 Å². The van der Waals surface area contributed by atoms with E-state index in [9.17, 15) is 4.79 Å². The van der Waals surface area contributed by atoms with Crippen LogP contribution >= 0.6 is 12.2 Å². The number of ether oxygens (including phenoxy) is 1. The second kappa shape index (κ2) is 7.06. The molecule has 2 N–H and O–H groups in total. The molecule has 1 aromatic heterocycles. The number of benzene rings is 1. The molecule has 1 amide bonds. The van der Waals surface area contributed by atoms with E-state index in [1.165, 1.54) is 5.56 Å². The summed E-state index contributed by atoms with van der Waals surface area (Å²) in [4.78, 5) is 12.2. The van der Waals surface area contributed by atoms with Crippen molar-refractivity contribution in [1.29, 1.82) is 0 Å².